The van der Waals surface area contributed by atoms with Crippen molar-refractivity contribution in [1.29, 1.82) is 0 Å². The number of carbonyl (C=O) groups is 3. The molecule has 0 fully saturated rings. The number of ether oxygens (including phenoxy) is 1. The van der Waals surface area contributed by atoms with E-state index in [9.17, 15) is 14.4 Å². The number of hydrogen-bond acceptors (Lipinski definition) is 4. The number of amides is 2. The van der Waals surface area contributed by atoms with Crippen LogP contribution >= 0.6 is 23.2 Å². The number of benzene rings is 3. The van der Waals surface area contributed by atoms with Gasteiger partial charge in [0, 0.05) is 23.6 Å². The Labute approximate surface area is 238 Å². The van der Waals surface area contributed by atoms with Crippen molar-refractivity contribution in [2.24, 2.45) is 0 Å². The van der Waals surface area contributed by atoms with E-state index in [1.807, 2.05) is 49.4 Å². The van der Waals surface area contributed by atoms with Crippen molar-refractivity contribution in [1.82, 2.24) is 10.2 Å². The standard InChI is InChI=1S/C31H30Cl2N2O4/c1-4-39-31(38)29-20(3)35(28(36)17-25(29)24-14-15-26(32)27(33)16-24)18-21-10-12-23(13-11-21)30(37)34-19(2)22-8-6-5-7-9-22/h5-16,19,25H,4,17-18H2,1-3H3,(H,34,37). The average Bonchev–Trinajstić information content (AvgIpc) is 2.93. The van der Waals surface area contributed by atoms with E-state index in [1.54, 1.807) is 49.1 Å². The summed E-state index contributed by atoms with van der Waals surface area (Å²) >= 11 is 12.3. The van der Waals surface area contributed by atoms with E-state index in [2.05, 4.69) is 5.32 Å². The third-order valence-corrected chi connectivity index (χ3v) is 7.61. The maximum Gasteiger partial charge on any atom is 0.336 e. The average molecular weight is 565 g/mol. The summed E-state index contributed by atoms with van der Waals surface area (Å²) in [6, 6.07) is 21.8. The van der Waals surface area contributed by atoms with E-state index >= 15 is 0 Å². The molecule has 2 amide bonds. The van der Waals surface area contributed by atoms with Crippen LogP contribution in [-0.2, 0) is 20.9 Å². The monoisotopic (exact) mass is 564 g/mol. The summed E-state index contributed by atoms with van der Waals surface area (Å²) in [6.07, 6.45) is 0.0846. The lowest BCUT2D eigenvalue weighted by atomic mass is 9.83. The molecule has 2 unspecified atom stereocenters. The Balaban J connectivity index is 1.55. The summed E-state index contributed by atoms with van der Waals surface area (Å²) in [5.74, 6) is -1.28. The molecule has 39 heavy (non-hydrogen) atoms. The molecule has 1 aliphatic rings. The highest BCUT2D eigenvalue weighted by molar-refractivity contribution is 6.42. The lowest BCUT2D eigenvalue weighted by Gasteiger charge is -2.34. The third-order valence-electron chi connectivity index (χ3n) is 6.87. The zero-order valence-electron chi connectivity index (χ0n) is 22.0. The summed E-state index contributed by atoms with van der Waals surface area (Å²) in [7, 11) is 0. The van der Waals surface area contributed by atoms with Gasteiger partial charge in [-0.05, 0) is 61.7 Å². The van der Waals surface area contributed by atoms with Gasteiger partial charge in [0.25, 0.3) is 5.91 Å². The lowest BCUT2D eigenvalue weighted by molar-refractivity contribution is -0.140. The van der Waals surface area contributed by atoms with E-state index in [4.69, 9.17) is 27.9 Å². The fourth-order valence-corrected chi connectivity index (χ4v) is 5.05. The normalized spacial score (nSPS) is 16.2. The van der Waals surface area contributed by atoms with Crippen LogP contribution in [-0.4, -0.2) is 29.3 Å². The van der Waals surface area contributed by atoms with Gasteiger partial charge < -0.3 is 15.0 Å². The molecule has 6 nitrogen and oxygen atoms in total. The molecule has 0 spiro atoms. The molecule has 2 atom stereocenters. The van der Waals surface area contributed by atoms with Crippen LogP contribution in [0.3, 0.4) is 0 Å². The second-order valence-corrected chi connectivity index (χ2v) is 10.2. The van der Waals surface area contributed by atoms with E-state index in [1.165, 1.54) is 0 Å². The number of hydrogen-bond donors (Lipinski definition) is 1. The Morgan fingerprint density at radius 3 is 2.36 bits per heavy atom. The minimum absolute atomic E-state index is 0.0846. The Kier molecular flexibility index (Phi) is 9.10. The van der Waals surface area contributed by atoms with Gasteiger partial charge in [0.05, 0.1) is 34.8 Å². The molecule has 3 aromatic rings. The number of nitrogens with one attached hydrogen (secondary N) is 1. The van der Waals surface area contributed by atoms with E-state index in [-0.39, 0.29) is 37.4 Å². The molecule has 0 bridgehead atoms. The van der Waals surface area contributed by atoms with Gasteiger partial charge in [-0.2, -0.15) is 0 Å². The van der Waals surface area contributed by atoms with Crippen molar-refractivity contribution in [3.8, 4) is 0 Å². The van der Waals surface area contributed by atoms with Crippen LogP contribution in [0.5, 0.6) is 0 Å². The molecule has 4 rings (SSSR count). The number of esters is 1. The number of carbonyl (C=O) groups excluding carboxylic acids is 3. The zero-order valence-corrected chi connectivity index (χ0v) is 23.6. The summed E-state index contributed by atoms with van der Waals surface area (Å²) < 4.78 is 5.36. The molecule has 0 aromatic heterocycles. The molecule has 1 aliphatic heterocycles. The summed E-state index contributed by atoms with van der Waals surface area (Å²) in [4.78, 5) is 40.7. The first-order valence-corrected chi connectivity index (χ1v) is 13.5. The van der Waals surface area contributed by atoms with Gasteiger partial charge >= 0.3 is 5.97 Å². The summed E-state index contributed by atoms with van der Waals surface area (Å²) in [5, 5.41) is 3.76. The van der Waals surface area contributed by atoms with E-state index in [0.717, 1.165) is 16.7 Å². The molecule has 202 valence electrons. The first kappa shape index (κ1) is 28.4. The predicted molar refractivity (Wildman–Crippen MR) is 152 cm³/mol. The molecule has 0 radical (unpaired) electrons. The number of rotatable bonds is 8. The van der Waals surface area contributed by atoms with Gasteiger partial charge in [0.2, 0.25) is 5.91 Å². The van der Waals surface area contributed by atoms with Gasteiger partial charge in [0.1, 0.15) is 0 Å². The zero-order chi connectivity index (χ0) is 28.1. The summed E-state index contributed by atoms with van der Waals surface area (Å²) in [5.41, 5.74) is 4.03. The van der Waals surface area contributed by atoms with Gasteiger partial charge in [-0.25, -0.2) is 4.79 Å². The van der Waals surface area contributed by atoms with E-state index < -0.39 is 11.9 Å². The minimum Gasteiger partial charge on any atom is -0.463 e. The molecule has 1 N–H and O–H groups in total. The minimum atomic E-state index is -0.500. The van der Waals surface area contributed by atoms with Crippen molar-refractivity contribution >= 4 is 41.0 Å². The maximum absolute atomic E-state index is 13.3. The van der Waals surface area contributed by atoms with Crippen molar-refractivity contribution in [2.45, 2.75) is 45.7 Å². The second kappa shape index (κ2) is 12.5. The fourth-order valence-electron chi connectivity index (χ4n) is 4.74. The Morgan fingerprint density at radius 1 is 1.03 bits per heavy atom. The SMILES string of the molecule is CCOC(=O)C1=C(C)N(Cc2ccc(C(=O)NC(C)c3ccccc3)cc2)C(=O)CC1c1ccc(Cl)c(Cl)c1. The molecule has 0 saturated heterocycles. The highest BCUT2D eigenvalue weighted by Gasteiger charge is 2.37. The number of nitrogens with zero attached hydrogens (tertiary/aromatic N) is 1. The number of halogens is 2. The van der Waals surface area contributed by atoms with Crippen LogP contribution in [0.25, 0.3) is 0 Å². The van der Waals surface area contributed by atoms with Crippen molar-refractivity contribution in [2.75, 3.05) is 6.61 Å². The van der Waals surface area contributed by atoms with Gasteiger partial charge in [-0.1, -0.05) is 71.7 Å². The van der Waals surface area contributed by atoms with Crippen molar-refractivity contribution in [3.63, 3.8) is 0 Å². The summed E-state index contributed by atoms with van der Waals surface area (Å²) in [6.45, 7) is 5.89. The molecular weight excluding hydrogens is 535 g/mol. The number of allylic oxidation sites excluding steroid dienone is 1. The smallest absolute Gasteiger partial charge is 0.336 e. The largest absolute Gasteiger partial charge is 0.463 e. The van der Waals surface area contributed by atoms with Gasteiger partial charge in [0.15, 0.2) is 0 Å². The molecule has 1 heterocycles. The Hall–Kier alpha value is -3.61. The topological polar surface area (TPSA) is 75.7 Å². The van der Waals surface area contributed by atoms with Crippen LogP contribution in [0.2, 0.25) is 10.0 Å². The molecule has 3 aromatic carbocycles. The quantitative estimate of drug-likeness (QED) is 0.304. The van der Waals surface area contributed by atoms with Crippen molar-refractivity contribution < 1.29 is 19.1 Å². The fraction of sp³-hybridized carbons (Fsp3) is 0.258. The highest BCUT2D eigenvalue weighted by Crippen LogP contribution is 2.39. The molecular formula is C31H30Cl2N2O4. The van der Waals surface area contributed by atoms with Crippen LogP contribution in [0.1, 0.15) is 66.2 Å². The first-order chi connectivity index (χ1) is 18.7. The van der Waals surface area contributed by atoms with Crippen LogP contribution in [0.15, 0.2) is 84.1 Å². The van der Waals surface area contributed by atoms with E-state index in [0.29, 0.717) is 26.9 Å². The highest BCUT2D eigenvalue weighted by atomic mass is 35.5. The third kappa shape index (κ3) is 6.52. The van der Waals surface area contributed by atoms with Crippen LogP contribution < -0.4 is 5.32 Å². The first-order valence-electron chi connectivity index (χ1n) is 12.8. The molecule has 0 saturated carbocycles. The molecule has 0 aliphatic carbocycles. The Morgan fingerprint density at radius 2 is 1.72 bits per heavy atom. The van der Waals surface area contributed by atoms with Crippen molar-refractivity contribution in [3.05, 3.63) is 116 Å². The van der Waals surface area contributed by atoms with Gasteiger partial charge in [-0.15, -0.1) is 0 Å². The van der Waals surface area contributed by atoms with Crippen LogP contribution in [0, 0.1) is 0 Å². The van der Waals surface area contributed by atoms with Gasteiger partial charge in [-0.3, -0.25) is 9.59 Å². The second-order valence-electron chi connectivity index (χ2n) is 9.43. The Bertz CT molecular complexity index is 1400. The molecule has 8 heteroatoms. The van der Waals surface area contributed by atoms with Crippen LogP contribution in [0.4, 0.5) is 0 Å². The maximum atomic E-state index is 13.3. The predicted octanol–water partition coefficient (Wildman–Crippen LogP) is 6.84. The lowest BCUT2D eigenvalue weighted by Crippen LogP contribution is -2.38.